The van der Waals surface area contributed by atoms with Crippen LogP contribution in [0.2, 0.25) is 0 Å². The Hall–Kier alpha value is -1.03. The molecule has 118 valence electrons. The molecule has 0 N–H and O–H groups in total. The van der Waals surface area contributed by atoms with Crippen LogP contribution in [-0.4, -0.2) is 31.3 Å². The second-order valence-corrected chi connectivity index (χ2v) is 4.95. The van der Waals surface area contributed by atoms with E-state index in [1.54, 1.807) is 0 Å². The first-order valence-corrected chi connectivity index (χ1v) is 6.98. The van der Waals surface area contributed by atoms with Crippen molar-refractivity contribution in [2.24, 2.45) is 0 Å². The van der Waals surface area contributed by atoms with Crippen LogP contribution in [0, 0.1) is 0 Å². The Kier molecular flexibility index (Phi) is 5.68. The van der Waals surface area contributed by atoms with Crippen LogP contribution in [0.1, 0.15) is 18.4 Å². The number of hydrogen-bond donors (Lipinski definition) is 0. The largest absolute Gasteiger partial charge is 0.417 e. The van der Waals surface area contributed by atoms with Gasteiger partial charge in [-0.2, -0.15) is 13.2 Å². The molecule has 1 aliphatic heterocycles. The summed E-state index contributed by atoms with van der Waals surface area (Å²) in [6.07, 6.45) is -1.99. The molecule has 21 heavy (non-hydrogen) atoms. The van der Waals surface area contributed by atoms with Crippen LogP contribution in [0.25, 0.3) is 0 Å². The Balaban J connectivity index is 1.85. The minimum atomic E-state index is -4.36. The molecule has 0 aromatic carbocycles. The molecular formula is C12H15F3N2O3S. The number of rotatable bonds is 5. The third kappa shape index (κ3) is 4.73. The topological polar surface area (TPSA) is 43.8 Å². The van der Waals surface area contributed by atoms with Crippen LogP contribution < -0.4 is 4.90 Å². The molecule has 0 amide bonds. The molecule has 9 heteroatoms. The lowest BCUT2D eigenvalue weighted by molar-refractivity contribution is -0.168. The van der Waals surface area contributed by atoms with E-state index in [1.807, 2.05) is 4.90 Å². The second-order valence-electron chi connectivity index (χ2n) is 4.49. The number of aromatic nitrogens is 1. The first-order chi connectivity index (χ1) is 10.0. The van der Waals surface area contributed by atoms with E-state index in [0.29, 0.717) is 18.9 Å². The van der Waals surface area contributed by atoms with E-state index in [1.165, 1.54) is 13.2 Å². The van der Waals surface area contributed by atoms with E-state index < -0.39 is 11.7 Å². The normalized spacial score (nSPS) is 17.2. The summed E-state index contributed by atoms with van der Waals surface area (Å²) in [4.78, 5) is 10.2. The average Bonchev–Trinajstić information content (AvgIpc) is 2.48. The Bertz CT molecular complexity index is 436. The molecule has 0 atom stereocenters. The third-order valence-corrected chi connectivity index (χ3v) is 3.65. The van der Waals surface area contributed by atoms with Crippen LogP contribution in [0.4, 0.5) is 19.0 Å². The predicted molar refractivity (Wildman–Crippen MR) is 71.2 cm³/mol. The van der Waals surface area contributed by atoms with Crippen LogP contribution in [0.3, 0.4) is 0 Å². The number of nitrogens with zero attached hydrogens (tertiary/aromatic N) is 2. The first-order valence-electron chi connectivity index (χ1n) is 6.31. The van der Waals surface area contributed by atoms with Gasteiger partial charge >= 0.3 is 6.18 Å². The Labute approximate surface area is 124 Å². The van der Waals surface area contributed by atoms with Gasteiger partial charge in [0.15, 0.2) is 12.3 Å². The zero-order chi connectivity index (χ0) is 15.3. The SMILES string of the molecule is COOSOC1CCN(c2ccc(C(F)(F)F)cn2)CC1. The summed E-state index contributed by atoms with van der Waals surface area (Å²) in [5, 5.41) is 0. The van der Waals surface area contributed by atoms with Crippen molar-refractivity contribution in [2.45, 2.75) is 25.1 Å². The number of halogens is 3. The maximum Gasteiger partial charge on any atom is 0.417 e. The molecule has 0 saturated carbocycles. The number of hydrogen-bond acceptors (Lipinski definition) is 6. The van der Waals surface area contributed by atoms with Gasteiger partial charge < -0.3 is 4.90 Å². The van der Waals surface area contributed by atoms with Gasteiger partial charge in [0.2, 0.25) is 0 Å². The molecule has 0 radical (unpaired) electrons. The molecular weight excluding hydrogens is 309 g/mol. The van der Waals surface area contributed by atoms with Crippen LogP contribution in [0.15, 0.2) is 18.3 Å². The summed E-state index contributed by atoms with van der Waals surface area (Å²) in [5.41, 5.74) is -0.738. The summed E-state index contributed by atoms with van der Waals surface area (Å²) in [6.45, 7) is 1.33. The quantitative estimate of drug-likeness (QED) is 0.359. The van der Waals surface area contributed by atoms with E-state index in [2.05, 4.69) is 14.2 Å². The lowest BCUT2D eigenvalue weighted by Crippen LogP contribution is -2.36. The number of alkyl halides is 3. The van der Waals surface area contributed by atoms with Gasteiger partial charge in [-0.05, 0) is 25.0 Å². The molecule has 1 fully saturated rings. The third-order valence-electron chi connectivity index (χ3n) is 3.11. The number of anilines is 1. The van der Waals surface area contributed by atoms with E-state index in [9.17, 15) is 13.2 Å². The highest BCUT2D eigenvalue weighted by molar-refractivity contribution is 7.89. The molecule has 1 aromatic heterocycles. The fraction of sp³-hybridized carbons (Fsp3) is 0.583. The first kappa shape index (κ1) is 16.3. The van der Waals surface area contributed by atoms with E-state index in [0.717, 1.165) is 37.4 Å². The van der Waals surface area contributed by atoms with Crippen LogP contribution in [-0.2, 0) is 19.6 Å². The monoisotopic (exact) mass is 324 g/mol. The summed E-state index contributed by atoms with van der Waals surface area (Å²) in [5.74, 6) is 0.544. The number of piperidine rings is 1. The van der Waals surface area contributed by atoms with Crippen molar-refractivity contribution < 1.29 is 26.6 Å². The van der Waals surface area contributed by atoms with Gasteiger partial charge in [-0.25, -0.2) is 9.87 Å². The lowest BCUT2D eigenvalue weighted by atomic mass is 10.1. The molecule has 0 spiro atoms. The summed E-state index contributed by atoms with van der Waals surface area (Å²) < 4.78 is 47.3. The van der Waals surface area contributed by atoms with Crippen molar-refractivity contribution in [1.29, 1.82) is 0 Å². The van der Waals surface area contributed by atoms with E-state index in [4.69, 9.17) is 4.18 Å². The Morgan fingerprint density at radius 2 is 2.00 bits per heavy atom. The zero-order valence-electron chi connectivity index (χ0n) is 11.3. The van der Waals surface area contributed by atoms with Gasteiger partial charge in [-0.15, -0.1) is 4.33 Å². The van der Waals surface area contributed by atoms with Crippen molar-refractivity contribution in [2.75, 3.05) is 25.1 Å². The Morgan fingerprint density at radius 3 is 2.52 bits per heavy atom. The highest BCUT2D eigenvalue weighted by Gasteiger charge is 2.31. The van der Waals surface area contributed by atoms with Gasteiger partial charge in [-0.1, -0.05) is 0 Å². The second kappa shape index (κ2) is 7.30. The van der Waals surface area contributed by atoms with Gasteiger partial charge in [-0.3, -0.25) is 4.18 Å². The molecule has 5 nitrogen and oxygen atoms in total. The van der Waals surface area contributed by atoms with Crippen molar-refractivity contribution >= 4 is 18.1 Å². The van der Waals surface area contributed by atoms with Crippen molar-refractivity contribution in [1.82, 2.24) is 4.98 Å². The average molecular weight is 324 g/mol. The number of pyridine rings is 1. The molecule has 1 aromatic rings. The highest BCUT2D eigenvalue weighted by Crippen LogP contribution is 2.30. The molecule has 0 aliphatic carbocycles. The molecule has 1 aliphatic rings. The molecule has 2 rings (SSSR count). The summed E-state index contributed by atoms with van der Waals surface area (Å²) >= 11 is 0.780. The fourth-order valence-corrected chi connectivity index (χ4v) is 2.41. The minimum absolute atomic E-state index is 0.0239. The summed E-state index contributed by atoms with van der Waals surface area (Å²) in [7, 11) is 1.38. The van der Waals surface area contributed by atoms with E-state index in [-0.39, 0.29) is 6.10 Å². The van der Waals surface area contributed by atoms with Gasteiger partial charge in [0, 0.05) is 19.3 Å². The van der Waals surface area contributed by atoms with Crippen molar-refractivity contribution in [3.05, 3.63) is 23.9 Å². The minimum Gasteiger partial charge on any atom is -0.356 e. The molecule has 1 saturated heterocycles. The van der Waals surface area contributed by atoms with Gasteiger partial charge in [0.1, 0.15) is 5.82 Å². The maximum absolute atomic E-state index is 12.5. The maximum atomic E-state index is 12.5. The van der Waals surface area contributed by atoms with Gasteiger partial charge in [0.05, 0.1) is 18.8 Å². The summed E-state index contributed by atoms with van der Waals surface area (Å²) in [6, 6.07) is 2.44. The molecule has 0 bridgehead atoms. The molecule has 0 unspecified atom stereocenters. The highest BCUT2D eigenvalue weighted by atomic mass is 32.2. The predicted octanol–water partition coefficient (Wildman–Crippen LogP) is 3.23. The fourth-order valence-electron chi connectivity index (χ4n) is 2.02. The van der Waals surface area contributed by atoms with E-state index >= 15 is 0 Å². The van der Waals surface area contributed by atoms with Crippen molar-refractivity contribution in [3.8, 4) is 0 Å². The van der Waals surface area contributed by atoms with Gasteiger partial charge in [0.25, 0.3) is 0 Å². The molecule has 2 heterocycles. The van der Waals surface area contributed by atoms with Crippen LogP contribution >= 0.6 is 12.3 Å². The lowest BCUT2D eigenvalue weighted by Gasteiger charge is -2.31. The zero-order valence-corrected chi connectivity index (χ0v) is 12.1. The Morgan fingerprint density at radius 1 is 1.29 bits per heavy atom. The smallest absolute Gasteiger partial charge is 0.356 e. The van der Waals surface area contributed by atoms with Crippen LogP contribution in [0.5, 0.6) is 0 Å². The standard InChI is InChI=1S/C12H15F3N2O3S/c1-18-20-21-19-10-4-6-17(7-5-10)11-3-2-9(8-16-11)12(13,14)15/h2-3,8,10H,4-7H2,1H3. The van der Waals surface area contributed by atoms with Crippen molar-refractivity contribution in [3.63, 3.8) is 0 Å².